The third-order valence-corrected chi connectivity index (χ3v) is 3.27. The Kier molecular flexibility index (Phi) is 3.06. The summed E-state index contributed by atoms with van der Waals surface area (Å²) in [7, 11) is 0. The molecule has 2 aromatic rings. The van der Waals surface area contributed by atoms with Gasteiger partial charge in [0.25, 0.3) is 0 Å². The smallest absolute Gasteiger partial charge is 0.171 e. The molecule has 0 saturated heterocycles. The van der Waals surface area contributed by atoms with Gasteiger partial charge in [0.2, 0.25) is 0 Å². The Hall–Kier alpha value is -1.39. The lowest BCUT2D eigenvalue weighted by Crippen LogP contribution is -2.15. The van der Waals surface area contributed by atoms with Crippen molar-refractivity contribution in [1.82, 2.24) is 10.5 Å². The van der Waals surface area contributed by atoms with Crippen molar-refractivity contribution >= 4 is 11.6 Å². The number of nitrogens with zero attached hydrogens (tertiary/aromatic N) is 1. The maximum absolute atomic E-state index is 13.1. The molecule has 5 heteroatoms. The summed E-state index contributed by atoms with van der Waals surface area (Å²) >= 11 is 5.77. The van der Waals surface area contributed by atoms with Crippen LogP contribution in [-0.2, 0) is 6.54 Å². The Morgan fingerprint density at radius 3 is 3.00 bits per heavy atom. The molecule has 3 rings (SSSR count). The Bertz CT molecular complexity index is 566. The lowest BCUT2D eigenvalue weighted by Gasteiger charge is -2.03. The van der Waals surface area contributed by atoms with Gasteiger partial charge in [0.1, 0.15) is 5.82 Å². The topological polar surface area (TPSA) is 38.1 Å². The first-order valence-electron chi connectivity index (χ1n) is 5.86. The van der Waals surface area contributed by atoms with E-state index in [1.165, 1.54) is 18.9 Å². The molecule has 0 spiro atoms. The van der Waals surface area contributed by atoms with E-state index in [1.54, 1.807) is 18.3 Å². The fourth-order valence-corrected chi connectivity index (χ4v) is 1.98. The third-order valence-electron chi connectivity index (χ3n) is 2.98. The Morgan fingerprint density at radius 2 is 2.28 bits per heavy atom. The number of rotatable bonds is 4. The summed E-state index contributed by atoms with van der Waals surface area (Å²) in [6, 6.07) is 5.14. The fourth-order valence-electron chi connectivity index (χ4n) is 1.80. The average molecular weight is 267 g/mol. The maximum atomic E-state index is 13.1. The van der Waals surface area contributed by atoms with Crippen LogP contribution in [0.4, 0.5) is 4.39 Å². The van der Waals surface area contributed by atoms with Crippen molar-refractivity contribution in [3.05, 3.63) is 40.8 Å². The van der Waals surface area contributed by atoms with E-state index in [0.29, 0.717) is 18.3 Å². The van der Waals surface area contributed by atoms with Crippen LogP contribution in [0.15, 0.2) is 28.9 Å². The predicted molar refractivity (Wildman–Crippen MR) is 66.8 cm³/mol. The molecule has 18 heavy (non-hydrogen) atoms. The zero-order valence-electron chi connectivity index (χ0n) is 9.62. The minimum absolute atomic E-state index is 0.0880. The molecule has 0 aliphatic heterocycles. The predicted octanol–water partition coefficient (Wildman–Crippen LogP) is 3.39. The molecule has 0 amide bonds. The summed E-state index contributed by atoms with van der Waals surface area (Å²) in [4.78, 5) is 0. The summed E-state index contributed by atoms with van der Waals surface area (Å²) in [5.74, 6) is 0.211. The van der Waals surface area contributed by atoms with E-state index in [9.17, 15) is 4.39 Å². The van der Waals surface area contributed by atoms with Gasteiger partial charge >= 0.3 is 0 Å². The molecule has 94 valence electrons. The highest BCUT2D eigenvalue weighted by Gasteiger charge is 2.21. The molecule has 1 saturated carbocycles. The number of hydrogen-bond acceptors (Lipinski definition) is 3. The van der Waals surface area contributed by atoms with Gasteiger partial charge in [-0.2, -0.15) is 0 Å². The second-order valence-corrected chi connectivity index (χ2v) is 4.87. The molecule has 1 aliphatic carbocycles. The molecule has 1 aromatic heterocycles. The zero-order chi connectivity index (χ0) is 12.5. The van der Waals surface area contributed by atoms with Gasteiger partial charge in [-0.25, -0.2) is 4.39 Å². The Balaban J connectivity index is 1.85. The van der Waals surface area contributed by atoms with Gasteiger partial charge in [0.05, 0.1) is 11.2 Å². The molecule has 1 fully saturated rings. The average Bonchev–Trinajstić information content (AvgIpc) is 3.08. The van der Waals surface area contributed by atoms with Crippen molar-refractivity contribution in [3.8, 4) is 11.3 Å². The van der Waals surface area contributed by atoms with Crippen molar-refractivity contribution in [2.24, 2.45) is 0 Å². The van der Waals surface area contributed by atoms with Crippen LogP contribution in [0.3, 0.4) is 0 Å². The van der Waals surface area contributed by atoms with Crippen LogP contribution in [-0.4, -0.2) is 11.2 Å². The number of nitrogens with one attached hydrogen (secondary N) is 1. The second-order valence-electron chi connectivity index (χ2n) is 4.46. The van der Waals surface area contributed by atoms with Crippen LogP contribution in [0.25, 0.3) is 11.3 Å². The van der Waals surface area contributed by atoms with Crippen LogP contribution in [0.5, 0.6) is 0 Å². The van der Waals surface area contributed by atoms with Gasteiger partial charge in [-0.3, -0.25) is 0 Å². The lowest BCUT2D eigenvalue weighted by atomic mass is 10.1. The van der Waals surface area contributed by atoms with E-state index in [4.69, 9.17) is 16.1 Å². The van der Waals surface area contributed by atoms with E-state index in [-0.39, 0.29) is 5.02 Å². The standard InChI is InChI=1S/C13H12ClFN2O/c14-11-5-8(1-4-12(11)15)13-9(7-17-18-13)6-16-10-2-3-10/h1,4-5,7,10,16H,2-3,6H2. The fraction of sp³-hybridized carbons (Fsp3) is 0.308. The highest BCUT2D eigenvalue weighted by atomic mass is 35.5. The molecule has 1 aliphatic rings. The lowest BCUT2D eigenvalue weighted by molar-refractivity contribution is 0.431. The number of benzene rings is 1. The van der Waals surface area contributed by atoms with Crippen molar-refractivity contribution in [3.63, 3.8) is 0 Å². The van der Waals surface area contributed by atoms with Gasteiger partial charge in [-0.15, -0.1) is 0 Å². The SMILES string of the molecule is Fc1ccc(-c2oncc2CNC2CC2)cc1Cl. The highest BCUT2D eigenvalue weighted by molar-refractivity contribution is 6.31. The molecule has 0 atom stereocenters. The van der Waals surface area contributed by atoms with E-state index in [1.807, 2.05) is 0 Å². The van der Waals surface area contributed by atoms with Gasteiger partial charge in [-0.1, -0.05) is 16.8 Å². The first-order chi connectivity index (χ1) is 8.74. The minimum Gasteiger partial charge on any atom is -0.356 e. The normalized spacial score (nSPS) is 15.0. The zero-order valence-corrected chi connectivity index (χ0v) is 10.4. The summed E-state index contributed by atoms with van der Waals surface area (Å²) in [6.45, 7) is 0.707. The molecule has 0 bridgehead atoms. The van der Waals surface area contributed by atoms with Gasteiger partial charge in [-0.05, 0) is 31.0 Å². The highest BCUT2D eigenvalue weighted by Crippen LogP contribution is 2.28. The summed E-state index contributed by atoms with van der Waals surface area (Å²) in [5, 5.41) is 7.27. The first kappa shape index (κ1) is 11.7. The largest absolute Gasteiger partial charge is 0.356 e. The number of aromatic nitrogens is 1. The van der Waals surface area contributed by atoms with E-state index in [0.717, 1.165) is 11.1 Å². The van der Waals surface area contributed by atoms with Crippen LogP contribution < -0.4 is 5.32 Å². The van der Waals surface area contributed by atoms with E-state index >= 15 is 0 Å². The third kappa shape index (κ3) is 2.40. The van der Waals surface area contributed by atoms with Crippen LogP contribution >= 0.6 is 11.6 Å². The second kappa shape index (κ2) is 4.71. The molecule has 3 nitrogen and oxygen atoms in total. The maximum Gasteiger partial charge on any atom is 0.171 e. The molecule has 1 N–H and O–H groups in total. The molecular weight excluding hydrogens is 255 g/mol. The van der Waals surface area contributed by atoms with Gasteiger partial charge in [0.15, 0.2) is 5.76 Å². The Morgan fingerprint density at radius 1 is 1.44 bits per heavy atom. The summed E-state index contributed by atoms with van der Waals surface area (Å²) < 4.78 is 18.3. The summed E-state index contributed by atoms with van der Waals surface area (Å²) in [5.41, 5.74) is 1.70. The van der Waals surface area contributed by atoms with Crippen molar-refractivity contribution < 1.29 is 8.91 Å². The van der Waals surface area contributed by atoms with Crippen molar-refractivity contribution in [2.45, 2.75) is 25.4 Å². The van der Waals surface area contributed by atoms with Crippen molar-refractivity contribution in [1.29, 1.82) is 0 Å². The van der Waals surface area contributed by atoms with Gasteiger partial charge in [0, 0.05) is 23.7 Å². The molecule has 0 unspecified atom stereocenters. The monoisotopic (exact) mass is 266 g/mol. The minimum atomic E-state index is -0.433. The molecule has 1 heterocycles. The first-order valence-corrected chi connectivity index (χ1v) is 6.24. The van der Waals surface area contributed by atoms with Gasteiger partial charge < -0.3 is 9.84 Å². The van der Waals surface area contributed by atoms with E-state index in [2.05, 4.69) is 10.5 Å². The molecular formula is C13H12ClFN2O. The van der Waals surface area contributed by atoms with Crippen molar-refractivity contribution in [2.75, 3.05) is 0 Å². The summed E-state index contributed by atoms with van der Waals surface area (Å²) in [6.07, 6.45) is 4.13. The Labute approximate surface area is 109 Å². The van der Waals surface area contributed by atoms with Crippen LogP contribution in [0, 0.1) is 5.82 Å². The van der Waals surface area contributed by atoms with Crippen LogP contribution in [0.2, 0.25) is 5.02 Å². The molecule has 0 radical (unpaired) electrons. The number of halogens is 2. The van der Waals surface area contributed by atoms with Crippen LogP contribution in [0.1, 0.15) is 18.4 Å². The quantitative estimate of drug-likeness (QED) is 0.922. The van der Waals surface area contributed by atoms with E-state index < -0.39 is 5.82 Å². The number of hydrogen-bond donors (Lipinski definition) is 1. The molecule has 1 aromatic carbocycles.